The van der Waals surface area contributed by atoms with Crippen molar-refractivity contribution in [2.24, 2.45) is 5.16 Å². The van der Waals surface area contributed by atoms with Gasteiger partial charge < -0.3 is 14.3 Å². The lowest BCUT2D eigenvalue weighted by Gasteiger charge is -2.09. The maximum Gasteiger partial charge on any atom is 0.416 e. The molecule has 1 aliphatic carbocycles. The Morgan fingerprint density at radius 1 is 1.00 bits per heavy atom. The molecule has 2 aromatic rings. The van der Waals surface area contributed by atoms with Crippen molar-refractivity contribution in [1.82, 2.24) is 0 Å². The molecule has 0 aromatic heterocycles. The number of rotatable bonds is 9. The zero-order chi connectivity index (χ0) is 22.3. The largest absolute Gasteiger partial charge is 0.493 e. The van der Waals surface area contributed by atoms with Gasteiger partial charge in [0.2, 0.25) is 0 Å². The van der Waals surface area contributed by atoms with Crippen molar-refractivity contribution >= 4 is 28.9 Å². The molecule has 0 amide bonds. The van der Waals surface area contributed by atoms with Gasteiger partial charge >= 0.3 is 6.18 Å². The molecule has 0 unspecified atom stereocenters. The third-order valence-corrected chi connectivity index (χ3v) is 4.85. The van der Waals surface area contributed by atoms with E-state index >= 15 is 0 Å². The van der Waals surface area contributed by atoms with E-state index in [0.717, 1.165) is 47.6 Å². The molecule has 0 saturated heterocycles. The predicted molar refractivity (Wildman–Crippen MR) is 114 cm³/mol. The van der Waals surface area contributed by atoms with Gasteiger partial charge in [-0.3, -0.25) is 0 Å². The van der Waals surface area contributed by atoms with E-state index in [0.29, 0.717) is 25.4 Å². The number of nitrogens with zero attached hydrogens (tertiary/aromatic N) is 1. The summed E-state index contributed by atoms with van der Waals surface area (Å²) in [6.45, 7) is 0.914. The highest BCUT2D eigenvalue weighted by atomic mass is 35.5. The van der Waals surface area contributed by atoms with Gasteiger partial charge in [-0.05, 0) is 49.2 Å². The fourth-order valence-corrected chi connectivity index (χ4v) is 3.20. The van der Waals surface area contributed by atoms with E-state index in [2.05, 4.69) is 5.16 Å². The van der Waals surface area contributed by atoms with Gasteiger partial charge in [-0.15, -0.1) is 0 Å². The number of hydrogen-bond acceptors (Lipinski definition) is 4. The van der Waals surface area contributed by atoms with Crippen LogP contribution in [-0.2, 0) is 17.4 Å². The Bertz CT molecular complexity index is 940. The van der Waals surface area contributed by atoms with Gasteiger partial charge in [-0.25, -0.2) is 0 Å². The van der Waals surface area contributed by atoms with Gasteiger partial charge in [0.05, 0.1) is 17.9 Å². The summed E-state index contributed by atoms with van der Waals surface area (Å²) in [7, 11) is 0. The molecule has 9 heteroatoms. The Kier molecular flexibility index (Phi) is 8.09. The van der Waals surface area contributed by atoms with Crippen molar-refractivity contribution in [1.29, 1.82) is 0 Å². The monoisotopic (exact) mass is 473 g/mol. The smallest absolute Gasteiger partial charge is 0.416 e. The van der Waals surface area contributed by atoms with E-state index in [1.807, 2.05) is 18.2 Å². The average Bonchev–Trinajstić information content (AvgIpc) is 3.14. The molecule has 31 heavy (non-hydrogen) atoms. The summed E-state index contributed by atoms with van der Waals surface area (Å²) in [6.07, 6.45) is -0.708. The minimum absolute atomic E-state index is 0.158. The molecule has 4 nitrogen and oxygen atoms in total. The molecule has 0 atom stereocenters. The zero-order valence-corrected chi connectivity index (χ0v) is 17.9. The lowest BCUT2D eigenvalue weighted by molar-refractivity contribution is -0.137. The number of hydrogen-bond donors (Lipinski definition) is 0. The number of oxime groups is 1. The summed E-state index contributed by atoms with van der Waals surface area (Å²) in [4.78, 5) is 5.40. The molecule has 0 spiro atoms. The van der Waals surface area contributed by atoms with Crippen LogP contribution in [0, 0.1) is 0 Å². The molecule has 1 aliphatic rings. The second-order valence-electron chi connectivity index (χ2n) is 6.68. The van der Waals surface area contributed by atoms with Crippen LogP contribution in [0.15, 0.2) is 58.2 Å². The molecule has 3 rings (SSSR count). The Balaban J connectivity index is 1.44. The van der Waals surface area contributed by atoms with Crippen molar-refractivity contribution in [3.05, 3.63) is 69.7 Å². The number of alkyl halides is 3. The van der Waals surface area contributed by atoms with Gasteiger partial charge in [0.15, 0.2) is 0 Å². The molecule has 0 N–H and O–H groups in total. The molecule has 2 aromatic carbocycles. The predicted octanol–water partition coefficient (Wildman–Crippen LogP) is 6.54. The number of halogens is 5. The third kappa shape index (κ3) is 6.80. The lowest BCUT2D eigenvalue weighted by atomic mass is 10.1. The van der Waals surface area contributed by atoms with Gasteiger partial charge in [-0.1, -0.05) is 40.5 Å². The fraction of sp³-hybridized carbons (Fsp3) is 0.318. The Hall–Kier alpha value is -2.38. The average molecular weight is 474 g/mol. The van der Waals surface area contributed by atoms with E-state index in [1.165, 1.54) is 12.1 Å². The molecular weight excluding hydrogens is 454 g/mol. The molecule has 0 saturated carbocycles. The summed E-state index contributed by atoms with van der Waals surface area (Å²) >= 11 is 11.2. The third-order valence-electron chi connectivity index (χ3n) is 4.54. The SMILES string of the molecule is FC(F)(F)c1ccc(OCCCO/N=C2\CCc3c(OCC=C(Cl)Cl)cccc32)cc1. The quantitative estimate of drug-likeness (QED) is 0.306. The Labute approximate surface area is 188 Å². The topological polar surface area (TPSA) is 40.0 Å². The second-order valence-corrected chi connectivity index (χ2v) is 7.69. The molecule has 0 fully saturated rings. The number of ether oxygens (including phenoxy) is 2. The highest BCUT2D eigenvalue weighted by Crippen LogP contribution is 2.32. The Morgan fingerprint density at radius 2 is 1.77 bits per heavy atom. The first-order chi connectivity index (χ1) is 14.8. The minimum atomic E-state index is -4.35. The first-order valence-corrected chi connectivity index (χ1v) is 10.4. The molecule has 0 aliphatic heterocycles. The lowest BCUT2D eigenvalue weighted by Crippen LogP contribution is -2.05. The van der Waals surface area contributed by atoms with Gasteiger partial charge in [-0.2, -0.15) is 13.2 Å². The van der Waals surface area contributed by atoms with Crippen LogP contribution in [0.5, 0.6) is 11.5 Å². The summed E-state index contributed by atoms with van der Waals surface area (Å²) in [5, 5.41) is 4.22. The fourth-order valence-electron chi connectivity index (χ4n) is 3.07. The minimum Gasteiger partial charge on any atom is -0.493 e. The number of fused-ring (bicyclic) bond motifs is 1. The van der Waals surface area contributed by atoms with Crippen molar-refractivity contribution < 1.29 is 27.5 Å². The first-order valence-electron chi connectivity index (χ1n) is 9.59. The van der Waals surface area contributed by atoms with E-state index in [1.54, 1.807) is 6.08 Å². The van der Waals surface area contributed by atoms with Crippen molar-refractivity contribution in [2.45, 2.75) is 25.4 Å². The summed E-state index contributed by atoms with van der Waals surface area (Å²) < 4.78 is 49.0. The van der Waals surface area contributed by atoms with Crippen LogP contribution in [0.4, 0.5) is 13.2 Å². The highest BCUT2D eigenvalue weighted by molar-refractivity contribution is 6.55. The van der Waals surface area contributed by atoms with Gasteiger partial charge in [0, 0.05) is 17.5 Å². The summed E-state index contributed by atoms with van der Waals surface area (Å²) in [5.41, 5.74) is 2.19. The summed E-state index contributed by atoms with van der Waals surface area (Å²) in [5.74, 6) is 1.14. The van der Waals surface area contributed by atoms with E-state index in [-0.39, 0.29) is 11.1 Å². The molecule has 0 heterocycles. The van der Waals surface area contributed by atoms with Crippen molar-refractivity contribution in [2.75, 3.05) is 19.8 Å². The van der Waals surface area contributed by atoms with E-state index < -0.39 is 11.7 Å². The normalized spacial score (nSPS) is 14.3. The van der Waals surface area contributed by atoms with Crippen LogP contribution in [0.25, 0.3) is 0 Å². The maximum atomic E-state index is 12.5. The van der Waals surface area contributed by atoms with Crippen LogP contribution in [0.2, 0.25) is 0 Å². The molecule has 0 bridgehead atoms. The van der Waals surface area contributed by atoms with Crippen LogP contribution >= 0.6 is 23.2 Å². The first kappa shape index (κ1) is 23.3. The molecule has 0 radical (unpaired) electrons. The highest BCUT2D eigenvalue weighted by Gasteiger charge is 2.30. The molecule has 166 valence electrons. The standard InChI is InChI=1S/C22H20Cl2F3NO3/c23-21(24)11-14-30-20-4-1-3-17-18(20)9-10-19(17)28-31-13-2-12-29-16-7-5-15(6-8-16)22(25,26)27/h1,3-8,11H,2,9-10,12-14H2/b28-19+. The molecular formula is C22H20Cl2F3NO3. The second kappa shape index (κ2) is 10.8. The van der Waals surface area contributed by atoms with E-state index in [9.17, 15) is 13.2 Å². The van der Waals surface area contributed by atoms with E-state index in [4.69, 9.17) is 37.5 Å². The van der Waals surface area contributed by atoms with Crippen molar-refractivity contribution in [3.63, 3.8) is 0 Å². The van der Waals surface area contributed by atoms with Crippen molar-refractivity contribution in [3.8, 4) is 11.5 Å². The Morgan fingerprint density at radius 3 is 2.48 bits per heavy atom. The maximum absolute atomic E-state index is 12.5. The summed E-state index contributed by atoms with van der Waals surface area (Å²) in [6, 6.07) is 10.3. The number of benzene rings is 2. The van der Waals surface area contributed by atoms with Crippen LogP contribution in [0.3, 0.4) is 0 Å². The van der Waals surface area contributed by atoms with Crippen LogP contribution in [0.1, 0.15) is 29.5 Å². The van der Waals surface area contributed by atoms with Crippen LogP contribution < -0.4 is 9.47 Å². The van der Waals surface area contributed by atoms with Gasteiger partial charge in [0.1, 0.15) is 29.2 Å². The van der Waals surface area contributed by atoms with Gasteiger partial charge in [0.25, 0.3) is 0 Å². The zero-order valence-electron chi connectivity index (χ0n) is 16.4. The van der Waals surface area contributed by atoms with Crippen LogP contribution in [-0.4, -0.2) is 25.5 Å².